The third kappa shape index (κ3) is 2.07. The number of hydrogen-bond donors (Lipinski definition) is 1. The molecule has 0 atom stereocenters. The highest BCUT2D eigenvalue weighted by Crippen LogP contribution is 2.45. The molecule has 0 radical (unpaired) electrons. The zero-order valence-electron chi connectivity index (χ0n) is 9.29. The molecule has 88 valence electrons. The molecule has 0 heterocycles. The maximum Gasteiger partial charge on any atom is 0.244 e. The summed E-state index contributed by atoms with van der Waals surface area (Å²) in [5, 5.41) is 11.3. The number of nitrogens with zero attached hydrogens (tertiary/aromatic N) is 1. The van der Waals surface area contributed by atoms with Crippen LogP contribution in [0.25, 0.3) is 0 Å². The largest absolute Gasteiger partial charge is 0.497 e. The second-order valence-corrected chi connectivity index (χ2v) is 3.99. The van der Waals surface area contributed by atoms with Crippen LogP contribution in [0.3, 0.4) is 0 Å². The third-order valence-corrected chi connectivity index (χ3v) is 2.82. The van der Waals surface area contributed by atoms with Gasteiger partial charge in [-0.25, -0.2) is 4.39 Å². The number of halogens is 1. The van der Waals surface area contributed by atoms with Gasteiger partial charge in [-0.15, -0.1) is 0 Å². The Morgan fingerprint density at radius 3 is 2.82 bits per heavy atom. The minimum Gasteiger partial charge on any atom is -0.497 e. The maximum atomic E-state index is 13.4. The van der Waals surface area contributed by atoms with Crippen LogP contribution in [-0.2, 0) is 4.79 Å². The fourth-order valence-corrected chi connectivity index (χ4v) is 1.48. The van der Waals surface area contributed by atoms with Crippen molar-refractivity contribution < 1.29 is 13.9 Å². The van der Waals surface area contributed by atoms with Gasteiger partial charge in [-0.1, -0.05) is 0 Å². The molecule has 1 aliphatic carbocycles. The van der Waals surface area contributed by atoms with Gasteiger partial charge in [0.15, 0.2) is 0 Å². The highest BCUT2D eigenvalue weighted by atomic mass is 19.1. The van der Waals surface area contributed by atoms with E-state index in [1.807, 2.05) is 6.07 Å². The lowest BCUT2D eigenvalue weighted by atomic mass is 10.1. The van der Waals surface area contributed by atoms with Crippen molar-refractivity contribution in [2.24, 2.45) is 5.41 Å². The van der Waals surface area contributed by atoms with E-state index in [9.17, 15) is 9.18 Å². The Labute approximate surface area is 98.0 Å². The standard InChI is InChI=1S/C12H11FN2O2/c1-17-8-2-3-9(13)10(6-8)15-11(16)12(7-14)4-5-12/h2-3,6H,4-5H2,1H3,(H,15,16). The van der Waals surface area contributed by atoms with Gasteiger partial charge < -0.3 is 10.1 Å². The topological polar surface area (TPSA) is 62.1 Å². The lowest BCUT2D eigenvalue weighted by molar-refractivity contribution is -0.119. The normalized spacial score (nSPS) is 15.8. The molecular weight excluding hydrogens is 223 g/mol. The molecular formula is C12H11FN2O2. The Kier molecular flexibility index (Phi) is 2.72. The molecule has 1 saturated carbocycles. The van der Waals surface area contributed by atoms with Crippen LogP contribution in [0.15, 0.2) is 18.2 Å². The highest BCUT2D eigenvalue weighted by Gasteiger charge is 2.50. The monoisotopic (exact) mass is 234 g/mol. The van der Waals surface area contributed by atoms with E-state index in [1.54, 1.807) is 0 Å². The van der Waals surface area contributed by atoms with Crippen molar-refractivity contribution in [1.82, 2.24) is 0 Å². The molecule has 2 rings (SSSR count). The number of carbonyl (C=O) groups is 1. The highest BCUT2D eigenvalue weighted by molar-refractivity contribution is 5.99. The summed E-state index contributed by atoms with van der Waals surface area (Å²) in [5.41, 5.74) is -0.925. The quantitative estimate of drug-likeness (QED) is 0.870. The molecule has 1 fully saturated rings. The number of benzene rings is 1. The predicted molar refractivity (Wildman–Crippen MR) is 58.9 cm³/mol. The first kappa shape index (κ1) is 11.4. The van der Waals surface area contributed by atoms with Crippen molar-refractivity contribution in [2.45, 2.75) is 12.8 Å². The Balaban J connectivity index is 2.19. The van der Waals surface area contributed by atoms with Crippen molar-refractivity contribution in [1.29, 1.82) is 5.26 Å². The van der Waals surface area contributed by atoms with Gasteiger partial charge in [0.05, 0.1) is 18.9 Å². The van der Waals surface area contributed by atoms with Gasteiger partial charge in [-0.3, -0.25) is 4.79 Å². The summed E-state index contributed by atoms with van der Waals surface area (Å²) >= 11 is 0. The Morgan fingerprint density at radius 2 is 2.29 bits per heavy atom. The molecule has 4 nitrogen and oxygen atoms in total. The molecule has 0 aliphatic heterocycles. The molecule has 1 amide bonds. The van der Waals surface area contributed by atoms with E-state index < -0.39 is 17.1 Å². The minimum atomic E-state index is -0.963. The van der Waals surface area contributed by atoms with Crippen LogP contribution in [0, 0.1) is 22.6 Å². The van der Waals surface area contributed by atoms with Crippen molar-refractivity contribution in [3.63, 3.8) is 0 Å². The molecule has 5 heteroatoms. The van der Waals surface area contributed by atoms with Crippen LogP contribution >= 0.6 is 0 Å². The fourth-order valence-electron chi connectivity index (χ4n) is 1.48. The molecule has 1 N–H and O–H groups in total. The van der Waals surface area contributed by atoms with Crippen LogP contribution in [0.1, 0.15) is 12.8 Å². The van der Waals surface area contributed by atoms with Gasteiger partial charge in [0.25, 0.3) is 0 Å². The first-order valence-corrected chi connectivity index (χ1v) is 5.17. The molecule has 0 aromatic heterocycles. The number of nitrogens with one attached hydrogen (secondary N) is 1. The fraction of sp³-hybridized carbons (Fsp3) is 0.333. The van der Waals surface area contributed by atoms with Crippen LogP contribution in [0.4, 0.5) is 10.1 Å². The van der Waals surface area contributed by atoms with Gasteiger partial charge in [0, 0.05) is 6.07 Å². The van der Waals surface area contributed by atoms with E-state index in [0.717, 1.165) is 0 Å². The van der Waals surface area contributed by atoms with Crippen molar-refractivity contribution in [3.8, 4) is 11.8 Å². The molecule has 17 heavy (non-hydrogen) atoms. The van der Waals surface area contributed by atoms with Crippen LogP contribution in [0.5, 0.6) is 5.75 Å². The number of rotatable bonds is 3. The van der Waals surface area contributed by atoms with Gasteiger partial charge in [-0.2, -0.15) is 5.26 Å². The van der Waals surface area contributed by atoms with Crippen molar-refractivity contribution >= 4 is 11.6 Å². The first-order chi connectivity index (χ1) is 8.11. The second-order valence-electron chi connectivity index (χ2n) is 3.99. The SMILES string of the molecule is COc1ccc(F)c(NC(=O)C2(C#N)CC2)c1. The number of amides is 1. The third-order valence-electron chi connectivity index (χ3n) is 2.82. The molecule has 0 saturated heterocycles. The second kappa shape index (κ2) is 4.06. The Bertz CT molecular complexity index is 504. The van der Waals surface area contributed by atoms with Crippen LogP contribution in [-0.4, -0.2) is 13.0 Å². The summed E-state index contributed by atoms with van der Waals surface area (Å²) in [5.74, 6) is -0.552. The Morgan fingerprint density at radius 1 is 1.59 bits per heavy atom. The van der Waals surface area contributed by atoms with Gasteiger partial charge in [0.1, 0.15) is 17.0 Å². The molecule has 0 spiro atoms. The lowest BCUT2D eigenvalue weighted by Crippen LogP contribution is -2.23. The molecule has 1 aromatic rings. The maximum absolute atomic E-state index is 13.4. The van der Waals surface area contributed by atoms with E-state index in [-0.39, 0.29) is 5.69 Å². The number of methoxy groups -OCH3 is 1. The lowest BCUT2D eigenvalue weighted by Gasteiger charge is -2.10. The zero-order valence-corrected chi connectivity index (χ0v) is 9.29. The van der Waals surface area contributed by atoms with E-state index >= 15 is 0 Å². The number of hydrogen-bond acceptors (Lipinski definition) is 3. The van der Waals surface area contributed by atoms with Gasteiger partial charge in [0.2, 0.25) is 5.91 Å². The van der Waals surface area contributed by atoms with E-state index in [4.69, 9.17) is 10.00 Å². The van der Waals surface area contributed by atoms with Gasteiger partial charge in [-0.05, 0) is 25.0 Å². The minimum absolute atomic E-state index is 0.0378. The summed E-state index contributed by atoms with van der Waals surface area (Å²) in [7, 11) is 1.45. The Hall–Kier alpha value is -2.09. The molecule has 0 bridgehead atoms. The summed E-state index contributed by atoms with van der Waals surface area (Å²) in [6.07, 6.45) is 1.06. The van der Waals surface area contributed by atoms with Crippen molar-refractivity contribution in [3.05, 3.63) is 24.0 Å². The zero-order chi connectivity index (χ0) is 12.5. The van der Waals surface area contributed by atoms with E-state index in [0.29, 0.717) is 18.6 Å². The van der Waals surface area contributed by atoms with Crippen LogP contribution in [0.2, 0.25) is 0 Å². The number of nitriles is 1. The van der Waals surface area contributed by atoms with Crippen molar-refractivity contribution in [2.75, 3.05) is 12.4 Å². The summed E-state index contributed by atoms with van der Waals surface area (Å²) < 4.78 is 18.4. The average Bonchev–Trinajstić information content (AvgIpc) is 3.13. The predicted octanol–water partition coefficient (Wildman–Crippen LogP) is 2.08. The van der Waals surface area contributed by atoms with E-state index in [1.165, 1.54) is 25.3 Å². The molecule has 0 unspecified atom stereocenters. The summed E-state index contributed by atoms with van der Waals surface area (Å²) in [6.45, 7) is 0. The molecule has 1 aromatic carbocycles. The number of ether oxygens (including phenoxy) is 1. The van der Waals surface area contributed by atoms with Crippen LogP contribution < -0.4 is 10.1 Å². The average molecular weight is 234 g/mol. The van der Waals surface area contributed by atoms with Gasteiger partial charge >= 0.3 is 0 Å². The smallest absolute Gasteiger partial charge is 0.244 e. The van der Waals surface area contributed by atoms with E-state index in [2.05, 4.69) is 5.32 Å². The number of anilines is 1. The summed E-state index contributed by atoms with van der Waals surface area (Å²) in [6, 6.07) is 6.01. The first-order valence-electron chi connectivity index (χ1n) is 5.17. The summed E-state index contributed by atoms with van der Waals surface area (Å²) in [4.78, 5) is 11.7. The molecule has 1 aliphatic rings. The number of carbonyl (C=O) groups excluding carboxylic acids is 1.